The number of nitrogens with zero attached hydrogens (tertiary/aromatic N) is 3. The second-order valence-corrected chi connectivity index (χ2v) is 7.65. The second kappa shape index (κ2) is 7.42. The molecule has 0 aliphatic heterocycles. The molecule has 0 fully saturated rings. The van der Waals surface area contributed by atoms with Gasteiger partial charge in [-0.15, -0.1) is 16.8 Å². The van der Waals surface area contributed by atoms with E-state index in [-0.39, 0.29) is 16.6 Å². The zero-order valence-corrected chi connectivity index (χ0v) is 14.1. The summed E-state index contributed by atoms with van der Waals surface area (Å²) in [4.78, 5) is 12.1. The molecule has 0 aliphatic carbocycles. The maximum Gasteiger partial charge on any atom is 0.234 e. The lowest BCUT2D eigenvalue weighted by atomic mass is 10.3. The Balaban J connectivity index is 1.97. The molecule has 1 N–H and O–H groups in total. The highest BCUT2D eigenvalue weighted by Gasteiger charge is 2.11. The SMILES string of the molecule is C=CCn1cnnc1SCC(=O)Nc1cccc(S(C)(=O)=O)c1. The van der Waals surface area contributed by atoms with Crippen molar-refractivity contribution in [3.8, 4) is 0 Å². The third-order valence-electron chi connectivity index (χ3n) is 2.78. The quantitative estimate of drug-likeness (QED) is 0.601. The van der Waals surface area contributed by atoms with Gasteiger partial charge in [0.2, 0.25) is 5.91 Å². The van der Waals surface area contributed by atoms with Crippen LogP contribution in [0.3, 0.4) is 0 Å². The lowest BCUT2D eigenvalue weighted by Gasteiger charge is -2.07. The summed E-state index contributed by atoms with van der Waals surface area (Å²) in [5.74, 6) is -0.118. The molecule has 0 radical (unpaired) electrons. The van der Waals surface area contributed by atoms with Crippen molar-refractivity contribution in [1.82, 2.24) is 14.8 Å². The number of hydrogen-bond donors (Lipinski definition) is 1. The highest BCUT2D eigenvalue weighted by atomic mass is 32.2. The number of nitrogens with one attached hydrogen (secondary N) is 1. The number of sulfone groups is 1. The van der Waals surface area contributed by atoms with Crippen molar-refractivity contribution in [3.63, 3.8) is 0 Å². The minimum Gasteiger partial charge on any atom is -0.325 e. The fraction of sp³-hybridized carbons (Fsp3) is 0.214. The van der Waals surface area contributed by atoms with E-state index in [4.69, 9.17) is 0 Å². The maximum absolute atomic E-state index is 12.0. The van der Waals surface area contributed by atoms with Crippen molar-refractivity contribution in [2.24, 2.45) is 0 Å². The molecule has 7 nitrogen and oxygen atoms in total. The van der Waals surface area contributed by atoms with Crippen LogP contribution >= 0.6 is 11.8 Å². The molecule has 2 aromatic rings. The number of amides is 1. The molecule has 1 amide bonds. The number of hydrogen-bond acceptors (Lipinski definition) is 6. The van der Waals surface area contributed by atoms with Gasteiger partial charge in [0.15, 0.2) is 15.0 Å². The fourth-order valence-corrected chi connectivity index (χ4v) is 3.14. The van der Waals surface area contributed by atoms with Gasteiger partial charge in [0.1, 0.15) is 6.33 Å². The minimum absolute atomic E-state index is 0.138. The molecule has 0 bridgehead atoms. The molecule has 1 aromatic heterocycles. The lowest BCUT2D eigenvalue weighted by Crippen LogP contribution is -2.15. The van der Waals surface area contributed by atoms with E-state index in [9.17, 15) is 13.2 Å². The van der Waals surface area contributed by atoms with Crippen LogP contribution in [0, 0.1) is 0 Å². The van der Waals surface area contributed by atoms with Crippen LogP contribution in [0.5, 0.6) is 0 Å². The Bertz CT molecular complexity index is 815. The molecule has 122 valence electrons. The number of rotatable bonds is 7. The third-order valence-corrected chi connectivity index (χ3v) is 4.88. The van der Waals surface area contributed by atoms with Gasteiger partial charge in [0.05, 0.1) is 10.6 Å². The zero-order valence-electron chi connectivity index (χ0n) is 12.5. The molecule has 2 rings (SSSR count). The van der Waals surface area contributed by atoms with Gasteiger partial charge in [-0.3, -0.25) is 4.79 Å². The van der Waals surface area contributed by atoms with Crippen molar-refractivity contribution < 1.29 is 13.2 Å². The summed E-state index contributed by atoms with van der Waals surface area (Å²) in [5.41, 5.74) is 0.436. The first-order valence-corrected chi connectivity index (χ1v) is 9.49. The number of allylic oxidation sites excluding steroid dienone is 1. The number of anilines is 1. The summed E-state index contributed by atoms with van der Waals surface area (Å²) in [6.07, 6.45) is 4.40. The van der Waals surface area contributed by atoms with E-state index in [2.05, 4.69) is 22.1 Å². The number of benzene rings is 1. The summed E-state index contributed by atoms with van der Waals surface area (Å²) in [5, 5.41) is 11.0. The van der Waals surface area contributed by atoms with Crippen molar-refractivity contribution in [1.29, 1.82) is 0 Å². The molecule has 0 unspecified atom stereocenters. The van der Waals surface area contributed by atoms with Crippen molar-refractivity contribution in [2.45, 2.75) is 16.6 Å². The van der Waals surface area contributed by atoms with E-state index in [1.165, 1.54) is 23.9 Å². The Morgan fingerprint density at radius 2 is 2.26 bits per heavy atom. The van der Waals surface area contributed by atoms with E-state index < -0.39 is 9.84 Å². The van der Waals surface area contributed by atoms with Crippen LogP contribution in [-0.2, 0) is 21.2 Å². The van der Waals surface area contributed by atoms with Gasteiger partial charge in [0.25, 0.3) is 0 Å². The Labute approximate surface area is 138 Å². The molecular weight excluding hydrogens is 336 g/mol. The van der Waals surface area contributed by atoms with Gasteiger partial charge in [-0.05, 0) is 18.2 Å². The van der Waals surface area contributed by atoms with Crippen molar-refractivity contribution in [3.05, 3.63) is 43.2 Å². The number of thioether (sulfide) groups is 1. The Hall–Kier alpha value is -2.13. The van der Waals surface area contributed by atoms with Gasteiger partial charge in [-0.2, -0.15) is 0 Å². The van der Waals surface area contributed by atoms with Gasteiger partial charge < -0.3 is 9.88 Å². The first-order chi connectivity index (χ1) is 10.9. The molecule has 1 aromatic carbocycles. The highest BCUT2D eigenvalue weighted by molar-refractivity contribution is 7.99. The van der Waals surface area contributed by atoms with E-state index >= 15 is 0 Å². The average molecular weight is 352 g/mol. The Kier molecular flexibility index (Phi) is 5.56. The average Bonchev–Trinajstić information content (AvgIpc) is 2.92. The zero-order chi connectivity index (χ0) is 16.9. The van der Waals surface area contributed by atoms with E-state index in [1.54, 1.807) is 29.1 Å². The smallest absolute Gasteiger partial charge is 0.234 e. The van der Waals surface area contributed by atoms with Gasteiger partial charge >= 0.3 is 0 Å². The highest BCUT2D eigenvalue weighted by Crippen LogP contribution is 2.18. The molecule has 0 aliphatic rings. The molecule has 1 heterocycles. The van der Waals surface area contributed by atoms with Crippen LogP contribution in [0.25, 0.3) is 0 Å². The lowest BCUT2D eigenvalue weighted by molar-refractivity contribution is -0.113. The number of carbonyl (C=O) groups excluding carboxylic acids is 1. The first-order valence-electron chi connectivity index (χ1n) is 6.61. The summed E-state index contributed by atoms with van der Waals surface area (Å²) < 4.78 is 24.8. The largest absolute Gasteiger partial charge is 0.325 e. The maximum atomic E-state index is 12.0. The van der Waals surface area contributed by atoms with Crippen molar-refractivity contribution in [2.75, 3.05) is 17.3 Å². The van der Waals surface area contributed by atoms with Crippen LogP contribution in [0.4, 0.5) is 5.69 Å². The normalized spacial score (nSPS) is 11.2. The number of aromatic nitrogens is 3. The fourth-order valence-electron chi connectivity index (χ4n) is 1.75. The molecular formula is C14H16N4O3S2. The van der Waals surface area contributed by atoms with E-state index in [1.807, 2.05) is 0 Å². The van der Waals surface area contributed by atoms with Crippen LogP contribution in [-0.4, -0.2) is 41.1 Å². The van der Waals surface area contributed by atoms with E-state index in [0.717, 1.165) is 6.26 Å². The Morgan fingerprint density at radius 1 is 1.48 bits per heavy atom. The van der Waals surface area contributed by atoms with Crippen LogP contribution < -0.4 is 5.32 Å². The van der Waals surface area contributed by atoms with Gasteiger partial charge in [0, 0.05) is 18.5 Å². The summed E-state index contributed by atoms with van der Waals surface area (Å²) >= 11 is 1.24. The van der Waals surface area contributed by atoms with Crippen molar-refractivity contribution >= 4 is 33.2 Å². The molecule has 0 saturated carbocycles. The molecule has 0 atom stereocenters. The van der Waals surface area contributed by atoms with Gasteiger partial charge in [-0.25, -0.2) is 8.42 Å². The Morgan fingerprint density at radius 3 is 2.96 bits per heavy atom. The van der Waals surface area contributed by atoms with Crippen LogP contribution in [0.1, 0.15) is 0 Å². The second-order valence-electron chi connectivity index (χ2n) is 4.69. The molecule has 0 spiro atoms. The standard InChI is InChI=1S/C14H16N4O3S2/c1-3-7-18-10-15-17-14(18)22-9-13(19)16-11-5-4-6-12(8-11)23(2,20)21/h3-6,8,10H,1,7,9H2,2H3,(H,16,19). The molecule has 9 heteroatoms. The monoisotopic (exact) mass is 352 g/mol. The van der Waals surface area contributed by atoms with Gasteiger partial charge in [-0.1, -0.05) is 23.9 Å². The minimum atomic E-state index is -3.31. The topological polar surface area (TPSA) is 93.9 Å². The molecule has 23 heavy (non-hydrogen) atoms. The predicted molar refractivity (Wildman–Crippen MR) is 89.1 cm³/mol. The van der Waals surface area contributed by atoms with E-state index in [0.29, 0.717) is 17.4 Å². The number of carbonyl (C=O) groups is 1. The third kappa shape index (κ3) is 4.93. The summed E-state index contributed by atoms with van der Waals surface area (Å²) in [6.45, 7) is 4.20. The predicted octanol–water partition coefficient (Wildman–Crippen LogP) is 1.60. The van der Waals surface area contributed by atoms with Crippen LogP contribution in [0.2, 0.25) is 0 Å². The van der Waals surface area contributed by atoms with Crippen LogP contribution in [0.15, 0.2) is 53.3 Å². The summed E-state index contributed by atoms with van der Waals surface area (Å²) in [6, 6.07) is 6.13. The molecule has 0 saturated heterocycles. The first kappa shape index (κ1) is 17.2. The summed E-state index contributed by atoms with van der Waals surface area (Å²) in [7, 11) is -3.31.